The molecule has 16 heavy (non-hydrogen) atoms. The second-order valence-electron chi connectivity index (χ2n) is 3.66. The van der Waals surface area contributed by atoms with E-state index in [0.29, 0.717) is 5.69 Å². The van der Waals surface area contributed by atoms with E-state index in [-0.39, 0.29) is 17.8 Å². The number of hydrogen-bond donors (Lipinski definition) is 3. The summed E-state index contributed by atoms with van der Waals surface area (Å²) in [6.07, 6.45) is 1.83. The van der Waals surface area contributed by atoms with Crippen molar-refractivity contribution in [2.24, 2.45) is 0 Å². The third-order valence-electron chi connectivity index (χ3n) is 2.45. The maximum absolute atomic E-state index is 11.5. The van der Waals surface area contributed by atoms with Crippen LogP contribution in [-0.4, -0.2) is 17.2 Å². The Labute approximate surface area is 95.7 Å². The molecular weight excluding hydrogens is 204 g/mol. The zero-order valence-electron chi connectivity index (χ0n) is 9.66. The summed E-state index contributed by atoms with van der Waals surface area (Å²) in [4.78, 5) is 11.5. The Bertz CT molecular complexity index is 331. The highest BCUT2D eigenvalue weighted by atomic mass is 16.3. The van der Waals surface area contributed by atoms with Crippen LogP contribution in [0.4, 0.5) is 10.5 Å². The lowest BCUT2D eigenvalue weighted by Gasteiger charge is -2.15. The van der Waals surface area contributed by atoms with Crippen LogP contribution in [0.2, 0.25) is 0 Å². The van der Waals surface area contributed by atoms with E-state index in [4.69, 9.17) is 5.11 Å². The normalized spacial score (nSPS) is 10.2. The third kappa shape index (κ3) is 3.81. The first-order valence-electron chi connectivity index (χ1n) is 5.52. The number of phenolic OH excluding ortho intramolecular Hbond substituents is 1. The molecule has 1 aromatic rings. The molecule has 0 atom stereocenters. The second-order valence-corrected chi connectivity index (χ2v) is 3.66. The molecule has 4 nitrogen and oxygen atoms in total. The largest absolute Gasteiger partial charge is 0.508 e. The summed E-state index contributed by atoms with van der Waals surface area (Å²) in [5.41, 5.74) is 0.668. The minimum absolute atomic E-state index is 0.186. The van der Waals surface area contributed by atoms with Crippen molar-refractivity contribution in [3.8, 4) is 5.75 Å². The molecule has 0 fully saturated rings. The third-order valence-corrected chi connectivity index (χ3v) is 2.45. The minimum Gasteiger partial charge on any atom is -0.508 e. The summed E-state index contributed by atoms with van der Waals surface area (Å²) in [6, 6.07) is 6.37. The monoisotopic (exact) mass is 222 g/mol. The van der Waals surface area contributed by atoms with E-state index in [0.717, 1.165) is 12.8 Å². The Morgan fingerprint density at radius 2 is 1.81 bits per heavy atom. The topological polar surface area (TPSA) is 61.4 Å². The van der Waals surface area contributed by atoms with Crippen LogP contribution in [0.1, 0.15) is 26.7 Å². The zero-order valence-corrected chi connectivity index (χ0v) is 9.66. The number of anilines is 1. The number of benzene rings is 1. The Hall–Kier alpha value is -1.71. The number of phenols is 1. The molecule has 1 aromatic carbocycles. The fourth-order valence-corrected chi connectivity index (χ4v) is 1.39. The van der Waals surface area contributed by atoms with Gasteiger partial charge in [0, 0.05) is 11.7 Å². The summed E-state index contributed by atoms with van der Waals surface area (Å²) in [6.45, 7) is 4.07. The summed E-state index contributed by atoms with van der Waals surface area (Å²) in [5.74, 6) is 0.186. The SMILES string of the molecule is CCC(CC)NC(=O)Nc1ccc(O)cc1. The maximum Gasteiger partial charge on any atom is 0.319 e. The first-order chi connectivity index (χ1) is 7.65. The van der Waals surface area contributed by atoms with Crippen molar-refractivity contribution in [3.05, 3.63) is 24.3 Å². The molecule has 0 unspecified atom stereocenters. The Morgan fingerprint density at radius 1 is 1.25 bits per heavy atom. The van der Waals surface area contributed by atoms with E-state index in [1.54, 1.807) is 12.1 Å². The molecule has 0 bridgehead atoms. The van der Waals surface area contributed by atoms with Gasteiger partial charge in [-0.3, -0.25) is 0 Å². The molecular formula is C12H18N2O2. The van der Waals surface area contributed by atoms with E-state index in [9.17, 15) is 4.79 Å². The summed E-state index contributed by atoms with van der Waals surface area (Å²) >= 11 is 0. The van der Waals surface area contributed by atoms with Crippen molar-refractivity contribution in [2.45, 2.75) is 32.7 Å². The van der Waals surface area contributed by atoms with Crippen molar-refractivity contribution >= 4 is 11.7 Å². The highest BCUT2D eigenvalue weighted by Gasteiger charge is 2.07. The Balaban J connectivity index is 2.48. The quantitative estimate of drug-likeness (QED) is 0.686. The Morgan fingerprint density at radius 3 is 2.31 bits per heavy atom. The Kier molecular flexibility index (Phi) is 4.64. The van der Waals surface area contributed by atoms with Gasteiger partial charge in [0.05, 0.1) is 0 Å². The number of amides is 2. The van der Waals surface area contributed by atoms with Gasteiger partial charge >= 0.3 is 6.03 Å². The maximum atomic E-state index is 11.5. The van der Waals surface area contributed by atoms with Gasteiger partial charge in [-0.05, 0) is 37.1 Å². The number of urea groups is 1. The summed E-state index contributed by atoms with van der Waals surface area (Å²) in [5, 5.41) is 14.7. The van der Waals surface area contributed by atoms with E-state index < -0.39 is 0 Å². The first kappa shape index (κ1) is 12.4. The van der Waals surface area contributed by atoms with E-state index >= 15 is 0 Å². The lowest BCUT2D eigenvalue weighted by atomic mass is 10.2. The predicted molar refractivity (Wildman–Crippen MR) is 64.6 cm³/mol. The van der Waals surface area contributed by atoms with Crippen molar-refractivity contribution in [3.63, 3.8) is 0 Å². The van der Waals surface area contributed by atoms with Crippen molar-refractivity contribution < 1.29 is 9.90 Å². The number of nitrogens with one attached hydrogen (secondary N) is 2. The molecule has 4 heteroatoms. The highest BCUT2D eigenvalue weighted by Crippen LogP contribution is 2.13. The van der Waals surface area contributed by atoms with Crippen LogP contribution in [0.25, 0.3) is 0 Å². The van der Waals surface area contributed by atoms with Gasteiger partial charge in [-0.15, -0.1) is 0 Å². The number of carbonyl (C=O) groups excluding carboxylic acids is 1. The molecule has 2 amide bonds. The summed E-state index contributed by atoms with van der Waals surface area (Å²) in [7, 11) is 0. The predicted octanol–water partition coefficient (Wildman–Crippen LogP) is 2.70. The molecule has 3 N–H and O–H groups in total. The second kappa shape index (κ2) is 6.00. The standard InChI is InChI=1S/C12H18N2O2/c1-3-9(4-2)13-12(16)14-10-5-7-11(15)8-6-10/h5-9,15H,3-4H2,1-2H3,(H2,13,14,16). The van der Waals surface area contributed by atoms with Crippen LogP contribution in [0.5, 0.6) is 5.75 Å². The van der Waals surface area contributed by atoms with E-state index in [1.165, 1.54) is 12.1 Å². The number of aromatic hydroxyl groups is 1. The molecule has 0 aliphatic carbocycles. The van der Waals surface area contributed by atoms with Gasteiger partial charge in [0.25, 0.3) is 0 Å². The number of rotatable bonds is 4. The molecule has 1 rings (SSSR count). The smallest absolute Gasteiger partial charge is 0.319 e. The first-order valence-corrected chi connectivity index (χ1v) is 5.52. The molecule has 0 aliphatic heterocycles. The molecule has 88 valence electrons. The molecule has 0 aromatic heterocycles. The van der Waals surface area contributed by atoms with Crippen molar-refractivity contribution in [1.29, 1.82) is 0 Å². The molecule has 0 saturated heterocycles. The van der Waals surface area contributed by atoms with Crippen LogP contribution in [0, 0.1) is 0 Å². The molecule has 0 heterocycles. The van der Waals surface area contributed by atoms with Crippen LogP contribution in [0.15, 0.2) is 24.3 Å². The fourth-order valence-electron chi connectivity index (χ4n) is 1.39. The average molecular weight is 222 g/mol. The average Bonchev–Trinajstić information content (AvgIpc) is 2.29. The van der Waals surface area contributed by atoms with Crippen molar-refractivity contribution in [2.75, 3.05) is 5.32 Å². The van der Waals surface area contributed by atoms with Gasteiger partial charge in [-0.1, -0.05) is 13.8 Å². The fraction of sp³-hybridized carbons (Fsp3) is 0.417. The number of hydrogen-bond acceptors (Lipinski definition) is 2. The van der Waals surface area contributed by atoms with Gasteiger partial charge in [-0.25, -0.2) is 4.79 Å². The van der Waals surface area contributed by atoms with Crippen molar-refractivity contribution in [1.82, 2.24) is 5.32 Å². The van der Waals surface area contributed by atoms with Crippen LogP contribution < -0.4 is 10.6 Å². The van der Waals surface area contributed by atoms with E-state index in [2.05, 4.69) is 10.6 Å². The molecule has 0 saturated carbocycles. The van der Waals surface area contributed by atoms with Crippen LogP contribution >= 0.6 is 0 Å². The van der Waals surface area contributed by atoms with Gasteiger partial charge in [-0.2, -0.15) is 0 Å². The lowest BCUT2D eigenvalue weighted by molar-refractivity contribution is 0.247. The van der Waals surface area contributed by atoms with Gasteiger partial charge in [0.2, 0.25) is 0 Å². The zero-order chi connectivity index (χ0) is 12.0. The molecule has 0 spiro atoms. The van der Waals surface area contributed by atoms with E-state index in [1.807, 2.05) is 13.8 Å². The highest BCUT2D eigenvalue weighted by molar-refractivity contribution is 5.89. The van der Waals surface area contributed by atoms with Crippen LogP contribution in [0.3, 0.4) is 0 Å². The molecule has 0 radical (unpaired) electrons. The van der Waals surface area contributed by atoms with Gasteiger partial charge in [0.1, 0.15) is 5.75 Å². The number of carbonyl (C=O) groups is 1. The van der Waals surface area contributed by atoms with Gasteiger partial charge in [0.15, 0.2) is 0 Å². The van der Waals surface area contributed by atoms with Crippen LogP contribution in [-0.2, 0) is 0 Å². The lowest BCUT2D eigenvalue weighted by Crippen LogP contribution is -2.37. The molecule has 0 aliphatic rings. The minimum atomic E-state index is -0.209. The summed E-state index contributed by atoms with van der Waals surface area (Å²) < 4.78 is 0. The van der Waals surface area contributed by atoms with Gasteiger partial charge < -0.3 is 15.7 Å².